The molecule has 1 heterocycles. The largest absolute Gasteiger partial charge is 0.397 e. The van der Waals surface area contributed by atoms with E-state index >= 15 is 0 Å². The Morgan fingerprint density at radius 1 is 0.649 bits per heavy atom. The van der Waals surface area contributed by atoms with Crippen LogP contribution in [0.5, 0.6) is 0 Å². The molecule has 0 atom stereocenters. The minimum absolute atomic E-state index is 0.684. The highest BCUT2D eigenvalue weighted by Crippen LogP contribution is 2.42. The number of nitrogens with two attached hydrogens (primary N) is 1. The fraction of sp³-hybridized carbons (Fsp3) is 0.0606. The third-order valence-electron chi connectivity index (χ3n) is 6.96. The van der Waals surface area contributed by atoms with Crippen molar-refractivity contribution < 1.29 is 0 Å². The summed E-state index contributed by atoms with van der Waals surface area (Å²) in [4.78, 5) is 0. The van der Waals surface area contributed by atoms with Crippen LogP contribution in [0, 0.1) is 0 Å². The van der Waals surface area contributed by atoms with Gasteiger partial charge >= 0.3 is 0 Å². The topological polar surface area (TPSA) is 55.9 Å². The normalized spacial score (nSPS) is 11.5. The molecule has 4 nitrogen and oxygen atoms in total. The zero-order valence-corrected chi connectivity index (χ0v) is 20.5. The van der Waals surface area contributed by atoms with Crippen LogP contribution < -0.4 is 11.1 Å². The van der Waals surface area contributed by atoms with Crippen LogP contribution in [0.1, 0.15) is 22.3 Å². The minimum atomic E-state index is -0.684. The number of fused-ring (bicyclic) bond motifs is 1. The fourth-order valence-corrected chi connectivity index (χ4v) is 5.21. The third-order valence-corrected chi connectivity index (χ3v) is 6.96. The van der Waals surface area contributed by atoms with Crippen LogP contribution in [0.3, 0.4) is 0 Å². The van der Waals surface area contributed by atoms with Crippen LogP contribution in [-0.2, 0) is 12.1 Å². The maximum Gasteiger partial charge on any atom is 0.138 e. The predicted octanol–water partition coefficient (Wildman–Crippen LogP) is 7.07. The Morgan fingerprint density at radius 3 is 1.65 bits per heavy atom. The van der Waals surface area contributed by atoms with E-state index < -0.39 is 5.54 Å². The number of hydrogen-bond donors (Lipinski definition) is 2. The predicted molar refractivity (Wildman–Crippen MR) is 153 cm³/mol. The lowest BCUT2D eigenvalue weighted by Gasteiger charge is -2.37. The maximum absolute atomic E-state index is 6.63. The molecule has 0 amide bonds. The zero-order chi connectivity index (χ0) is 25.1. The molecule has 37 heavy (non-hydrogen) atoms. The van der Waals surface area contributed by atoms with Gasteiger partial charge < -0.3 is 11.1 Å². The van der Waals surface area contributed by atoms with Gasteiger partial charge in [0.25, 0.3) is 0 Å². The van der Waals surface area contributed by atoms with Crippen molar-refractivity contribution in [2.45, 2.75) is 12.1 Å². The fourth-order valence-electron chi connectivity index (χ4n) is 5.21. The standard InChI is InChI=1S/C33H28N4/c34-30-22-32-26(21-31(30)35-23-25-13-5-1-6-14-25)24-36-37(32)33(27-15-7-2-8-16-27,28-17-9-3-10-18-28)29-19-11-4-12-20-29/h1-22,24,35H,23,34H2. The molecular formula is C33H28N4. The first-order chi connectivity index (χ1) is 18.3. The summed E-state index contributed by atoms with van der Waals surface area (Å²) in [5.74, 6) is 0. The van der Waals surface area contributed by atoms with Crippen molar-refractivity contribution in [2.75, 3.05) is 11.1 Å². The lowest BCUT2D eigenvalue weighted by atomic mass is 9.77. The van der Waals surface area contributed by atoms with Gasteiger partial charge in [-0.05, 0) is 34.4 Å². The average molecular weight is 481 g/mol. The van der Waals surface area contributed by atoms with Crippen LogP contribution in [0.4, 0.5) is 11.4 Å². The summed E-state index contributed by atoms with van der Waals surface area (Å²) in [5, 5.41) is 9.56. The highest BCUT2D eigenvalue weighted by Gasteiger charge is 2.40. The van der Waals surface area contributed by atoms with Crippen molar-refractivity contribution in [2.24, 2.45) is 0 Å². The van der Waals surface area contributed by atoms with Gasteiger partial charge in [-0.2, -0.15) is 5.10 Å². The quantitative estimate of drug-likeness (QED) is 0.190. The van der Waals surface area contributed by atoms with Crippen LogP contribution in [-0.4, -0.2) is 9.78 Å². The van der Waals surface area contributed by atoms with Gasteiger partial charge in [0.15, 0.2) is 0 Å². The van der Waals surface area contributed by atoms with E-state index in [0.29, 0.717) is 12.2 Å². The van der Waals surface area contributed by atoms with E-state index in [2.05, 4.69) is 101 Å². The summed E-state index contributed by atoms with van der Waals surface area (Å²) in [6.07, 6.45) is 1.94. The zero-order valence-electron chi connectivity index (χ0n) is 20.5. The van der Waals surface area contributed by atoms with Crippen LogP contribution in [0.25, 0.3) is 10.9 Å². The number of hydrogen-bond acceptors (Lipinski definition) is 3. The first kappa shape index (κ1) is 22.6. The van der Waals surface area contributed by atoms with Crippen LogP contribution in [0.2, 0.25) is 0 Å². The summed E-state index contributed by atoms with van der Waals surface area (Å²) in [6.45, 7) is 0.701. The SMILES string of the molecule is Nc1cc2c(cnn2C(c2ccccc2)(c2ccccc2)c2ccccc2)cc1NCc1ccccc1. The Morgan fingerprint density at radius 2 is 1.14 bits per heavy atom. The summed E-state index contributed by atoms with van der Waals surface area (Å²) in [5.41, 5.74) is 13.1. The molecule has 180 valence electrons. The molecule has 3 N–H and O–H groups in total. The second-order valence-electron chi connectivity index (χ2n) is 9.20. The Bertz CT molecular complexity index is 1510. The summed E-state index contributed by atoms with van der Waals surface area (Å²) >= 11 is 0. The molecule has 5 aromatic carbocycles. The van der Waals surface area contributed by atoms with Crippen LogP contribution >= 0.6 is 0 Å². The molecule has 6 rings (SSSR count). The van der Waals surface area contributed by atoms with Crippen molar-refractivity contribution in [1.29, 1.82) is 0 Å². The van der Waals surface area contributed by atoms with Gasteiger partial charge in [0.05, 0.1) is 23.1 Å². The molecule has 0 saturated carbocycles. The van der Waals surface area contributed by atoms with Crippen molar-refractivity contribution in [3.63, 3.8) is 0 Å². The van der Waals surface area contributed by atoms with Gasteiger partial charge in [-0.15, -0.1) is 0 Å². The van der Waals surface area contributed by atoms with Crippen LogP contribution in [0.15, 0.2) is 140 Å². The average Bonchev–Trinajstić information content (AvgIpc) is 3.37. The van der Waals surface area contributed by atoms with Crippen molar-refractivity contribution in [3.8, 4) is 0 Å². The van der Waals surface area contributed by atoms with Gasteiger partial charge in [-0.1, -0.05) is 121 Å². The lowest BCUT2D eigenvalue weighted by Crippen LogP contribution is -2.38. The molecule has 0 saturated heterocycles. The highest BCUT2D eigenvalue weighted by atomic mass is 15.3. The number of nitrogen functional groups attached to an aromatic ring is 1. The number of aromatic nitrogens is 2. The first-order valence-electron chi connectivity index (χ1n) is 12.5. The van der Waals surface area contributed by atoms with Crippen molar-refractivity contribution >= 4 is 22.3 Å². The van der Waals surface area contributed by atoms with Crippen molar-refractivity contribution in [3.05, 3.63) is 162 Å². The molecule has 0 aliphatic rings. The minimum Gasteiger partial charge on any atom is -0.397 e. The monoisotopic (exact) mass is 480 g/mol. The van der Waals surface area contributed by atoms with E-state index in [1.807, 2.05) is 48.7 Å². The van der Waals surface area contributed by atoms with Gasteiger partial charge in [-0.3, -0.25) is 0 Å². The van der Waals surface area contributed by atoms with Crippen molar-refractivity contribution in [1.82, 2.24) is 9.78 Å². The van der Waals surface area contributed by atoms with E-state index in [1.165, 1.54) is 5.56 Å². The smallest absolute Gasteiger partial charge is 0.138 e. The lowest BCUT2D eigenvalue weighted by molar-refractivity contribution is 0.476. The van der Waals surface area contributed by atoms with E-state index in [9.17, 15) is 0 Å². The van der Waals surface area contributed by atoms with Gasteiger partial charge in [0.1, 0.15) is 5.54 Å². The number of benzene rings is 5. The second kappa shape index (κ2) is 9.67. The van der Waals surface area contributed by atoms with Gasteiger partial charge in [-0.25, -0.2) is 4.68 Å². The van der Waals surface area contributed by atoms with Gasteiger partial charge in [0, 0.05) is 11.9 Å². The maximum atomic E-state index is 6.63. The first-order valence-corrected chi connectivity index (χ1v) is 12.5. The molecule has 0 aliphatic heterocycles. The number of nitrogens with one attached hydrogen (secondary N) is 1. The Labute approximate surface area is 217 Å². The Kier molecular flexibility index (Phi) is 5.91. The number of rotatable bonds is 7. The molecule has 0 radical (unpaired) electrons. The molecule has 0 fully saturated rings. The van der Waals surface area contributed by atoms with E-state index in [-0.39, 0.29) is 0 Å². The number of anilines is 2. The summed E-state index contributed by atoms with van der Waals surface area (Å²) < 4.78 is 2.12. The highest BCUT2D eigenvalue weighted by molar-refractivity contribution is 5.89. The molecule has 4 heteroatoms. The third kappa shape index (κ3) is 4.03. The molecule has 0 spiro atoms. The molecule has 0 aliphatic carbocycles. The molecule has 6 aromatic rings. The molecular weight excluding hydrogens is 452 g/mol. The molecule has 0 unspecified atom stereocenters. The summed E-state index contributed by atoms with van der Waals surface area (Å²) in [7, 11) is 0. The Hall–Kier alpha value is -4.83. The molecule has 1 aromatic heterocycles. The van der Waals surface area contributed by atoms with Gasteiger partial charge in [0.2, 0.25) is 0 Å². The Balaban J connectivity index is 1.56. The van der Waals surface area contributed by atoms with E-state index in [1.54, 1.807) is 0 Å². The second-order valence-corrected chi connectivity index (χ2v) is 9.20. The molecule has 0 bridgehead atoms. The van der Waals surface area contributed by atoms with E-state index in [0.717, 1.165) is 33.3 Å². The summed E-state index contributed by atoms with van der Waals surface area (Å²) in [6, 6.07) is 46.2. The number of nitrogens with zero attached hydrogens (tertiary/aromatic N) is 2. The van der Waals surface area contributed by atoms with E-state index in [4.69, 9.17) is 10.8 Å².